The Hall–Kier alpha value is -3.95. The molecule has 0 fully saturated rings. The van der Waals surface area contributed by atoms with E-state index >= 15 is 0 Å². The monoisotopic (exact) mass is 515 g/mol. The van der Waals surface area contributed by atoms with E-state index in [2.05, 4.69) is 0 Å². The molecule has 0 aliphatic rings. The highest BCUT2D eigenvalue weighted by Gasteiger charge is 2.24. The average molecular weight is 516 g/mol. The SMILES string of the molecule is CCN(CC)S(=O)(=O)c1ccc2c(c1)nc(-c1cn(-c3ccccc3)nc1-c1ccc(OC)cc1)n2C. The van der Waals surface area contributed by atoms with Gasteiger partial charge in [0.1, 0.15) is 17.3 Å². The molecule has 0 aliphatic heterocycles. The van der Waals surface area contributed by atoms with Crippen molar-refractivity contribution in [2.45, 2.75) is 18.7 Å². The Kier molecular flexibility index (Phi) is 6.57. The zero-order valence-corrected chi connectivity index (χ0v) is 22.1. The van der Waals surface area contributed by atoms with Crippen LogP contribution >= 0.6 is 0 Å². The topological polar surface area (TPSA) is 82.2 Å². The van der Waals surface area contributed by atoms with Gasteiger partial charge in [-0.1, -0.05) is 32.0 Å². The van der Waals surface area contributed by atoms with Gasteiger partial charge in [-0.3, -0.25) is 0 Å². The molecule has 0 unspecified atom stereocenters. The van der Waals surface area contributed by atoms with Gasteiger partial charge in [-0.15, -0.1) is 0 Å². The van der Waals surface area contributed by atoms with Gasteiger partial charge in [-0.25, -0.2) is 18.1 Å². The third kappa shape index (κ3) is 4.41. The van der Waals surface area contributed by atoms with E-state index in [1.807, 2.05) is 97.0 Å². The van der Waals surface area contributed by atoms with Crippen LogP contribution in [0.3, 0.4) is 0 Å². The Bertz CT molecular complexity index is 1650. The lowest BCUT2D eigenvalue weighted by Gasteiger charge is -2.18. The number of benzene rings is 3. The molecule has 0 radical (unpaired) electrons. The minimum atomic E-state index is -3.59. The summed E-state index contributed by atoms with van der Waals surface area (Å²) in [6, 6.07) is 22.8. The second kappa shape index (κ2) is 9.84. The van der Waals surface area contributed by atoms with Gasteiger partial charge in [-0.2, -0.15) is 9.40 Å². The Labute approximate surface area is 216 Å². The van der Waals surface area contributed by atoms with Crippen LogP contribution in [0.1, 0.15) is 13.8 Å². The van der Waals surface area contributed by atoms with Gasteiger partial charge in [0.25, 0.3) is 0 Å². The van der Waals surface area contributed by atoms with Crippen molar-refractivity contribution in [3.05, 3.63) is 79.0 Å². The van der Waals surface area contributed by atoms with Gasteiger partial charge in [0.15, 0.2) is 0 Å². The van der Waals surface area contributed by atoms with Gasteiger partial charge >= 0.3 is 0 Å². The molecule has 0 saturated heterocycles. The molecular formula is C28H29N5O3S. The minimum Gasteiger partial charge on any atom is -0.497 e. The molecule has 0 bridgehead atoms. The van der Waals surface area contributed by atoms with E-state index in [-0.39, 0.29) is 4.90 Å². The van der Waals surface area contributed by atoms with Gasteiger partial charge in [0.2, 0.25) is 10.0 Å². The zero-order chi connectivity index (χ0) is 26.2. The number of hydrogen-bond acceptors (Lipinski definition) is 5. The van der Waals surface area contributed by atoms with Crippen molar-refractivity contribution < 1.29 is 13.2 Å². The molecule has 5 aromatic rings. The molecule has 0 spiro atoms. The first-order valence-electron chi connectivity index (χ1n) is 12.1. The summed E-state index contributed by atoms with van der Waals surface area (Å²) in [5.41, 5.74) is 4.89. The van der Waals surface area contributed by atoms with Gasteiger partial charge < -0.3 is 9.30 Å². The zero-order valence-electron chi connectivity index (χ0n) is 21.3. The minimum absolute atomic E-state index is 0.240. The number of rotatable bonds is 8. The molecule has 5 rings (SSSR count). The maximum Gasteiger partial charge on any atom is 0.243 e. The molecule has 2 aromatic heterocycles. The number of hydrogen-bond donors (Lipinski definition) is 0. The van der Waals surface area contributed by atoms with Gasteiger partial charge in [0.05, 0.1) is 34.3 Å². The molecule has 0 saturated carbocycles. The van der Waals surface area contributed by atoms with Gasteiger partial charge in [-0.05, 0) is 54.6 Å². The van der Waals surface area contributed by atoms with Crippen molar-refractivity contribution in [1.82, 2.24) is 23.6 Å². The Morgan fingerprint density at radius 1 is 0.946 bits per heavy atom. The molecule has 8 nitrogen and oxygen atoms in total. The number of ether oxygens (including phenoxy) is 1. The number of fused-ring (bicyclic) bond motifs is 1. The van der Waals surface area contributed by atoms with Crippen molar-refractivity contribution in [2.24, 2.45) is 7.05 Å². The maximum absolute atomic E-state index is 13.1. The number of nitrogens with zero attached hydrogens (tertiary/aromatic N) is 5. The van der Waals surface area contributed by atoms with Crippen LogP contribution in [0, 0.1) is 0 Å². The normalized spacial score (nSPS) is 11.9. The predicted molar refractivity (Wildman–Crippen MR) is 145 cm³/mol. The number of aromatic nitrogens is 4. The first-order valence-corrected chi connectivity index (χ1v) is 13.6. The van der Waals surface area contributed by atoms with E-state index in [1.165, 1.54) is 4.31 Å². The third-order valence-corrected chi connectivity index (χ3v) is 8.58. The summed E-state index contributed by atoms with van der Waals surface area (Å²) in [5.74, 6) is 1.46. The van der Waals surface area contributed by atoms with E-state index in [0.717, 1.165) is 33.8 Å². The summed E-state index contributed by atoms with van der Waals surface area (Å²) in [4.78, 5) is 5.14. The lowest BCUT2D eigenvalue weighted by molar-refractivity contribution is 0.415. The quantitative estimate of drug-likeness (QED) is 0.286. The van der Waals surface area contributed by atoms with Crippen LogP contribution < -0.4 is 4.74 Å². The molecule has 0 amide bonds. The number of sulfonamides is 1. The van der Waals surface area contributed by atoms with Crippen molar-refractivity contribution in [3.8, 4) is 34.1 Å². The van der Waals surface area contributed by atoms with E-state index in [4.69, 9.17) is 14.8 Å². The fraction of sp³-hybridized carbons (Fsp3) is 0.214. The summed E-state index contributed by atoms with van der Waals surface area (Å²) in [5, 5.41) is 4.92. The molecular weight excluding hydrogens is 486 g/mol. The van der Waals surface area contributed by atoms with E-state index in [0.29, 0.717) is 24.4 Å². The van der Waals surface area contributed by atoms with Crippen molar-refractivity contribution in [1.29, 1.82) is 0 Å². The van der Waals surface area contributed by atoms with Gasteiger partial charge in [0, 0.05) is 31.9 Å². The largest absolute Gasteiger partial charge is 0.497 e. The van der Waals surface area contributed by atoms with E-state index < -0.39 is 10.0 Å². The fourth-order valence-corrected chi connectivity index (χ4v) is 5.98. The molecule has 37 heavy (non-hydrogen) atoms. The van der Waals surface area contributed by atoms with Crippen LogP contribution in [0.2, 0.25) is 0 Å². The Morgan fingerprint density at radius 2 is 1.65 bits per heavy atom. The number of methoxy groups -OCH3 is 1. The molecule has 0 aliphatic carbocycles. The van der Waals surface area contributed by atoms with Crippen LogP contribution in [-0.4, -0.2) is 52.3 Å². The number of imidazole rings is 1. The lowest BCUT2D eigenvalue weighted by Crippen LogP contribution is -2.30. The third-order valence-electron chi connectivity index (χ3n) is 6.53. The molecule has 2 heterocycles. The maximum atomic E-state index is 13.1. The van der Waals surface area contributed by atoms with Crippen molar-refractivity contribution >= 4 is 21.1 Å². The summed E-state index contributed by atoms with van der Waals surface area (Å²) in [6.45, 7) is 4.50. The number of aryl methyl sites for hydroxylation is 1. The van der Waals surface area contributed by atoms with Crippen LogP contribution in [0.5, 0.6) is 5.75 Å². The van der Waals surface area contributed by atoms with Crippen molar-refractivity contribution in [2.75, 3.05) is 20.2 Å². The van der Waals surface area contributed by atoms with Crippen LogP contribution in [0.15, 0.2) is 83.9 Å². The molecule has 0 atom stereocenters. The lowest BCUT2D eigenvalue weighted by atomic mass is 10.1. The van der Waals surface area contributed by atoms with E-state index in [9.17, 15) is 8.42 Å². The molecule has 190 valence electrons. The Morgan fingerprint density at radius 3 is 2.30 bits per heavy atom. The van der Waals surface area contributed by atoms with Crippen molar-refractivity contribution in [3.63, 3.8) is 0 Å². The molecule has 3 aromatic carbocycles. The van der Waals surface area contributed by atoms with Crippen LogP contribution in [0.4, 0.5) is 0 Å². The smallest absolute Gasteiger partial charge is 0.243 e. The highest BCUT2D eigenvalue weighted by Crippen LogP contribution is 2.34. The first kappa shape index (κ1) is 24.7. The highest BCUT2D eigenvalue weighted by atomic mass is 32.2. The first-order chi connectivity index (χ1) is 17.9. The molecule has 9 heteroatoms. The van der Waals surface area contributed by atoms with E-state index in [1.54, 1.807) is 19.2 Å². The average Bonchev–Trinajstić information content (AvgIpc) is 3.51. The Balaban J connectivity index is 1.68. The fourth-order valence-electron chi connectivity index (χ4n) is 4.51. The summed E-state index contributed by atoms with van der Waals surface area (Å²) >= 11 is 0. The standard InChI is InChI=1S/C28H29N5O3S/c1-5-32(6-2)37(34,35)23-16-17-26-25(18-23)29-28(31(26)3)24-19-33(21-10-8-7-9-11-21)30-27(24)20-12-14-22(36-4)15-13-20/h7-19H,5-6H2,1-4H3. The summed E-state index contributed by atoms with van der Waals surface area (Å²) in [6.07, 6.45) is 1.96. The summed E-state index contributed by atoms with van der Waals surface area (Å²) < 4.78 is 36.8. The highest BCUT2D eigenvalue weighted by molar-refractivity contribution is 7.89. The van der Waals surface area contributed by atoms with Crippen LogP contribution in [0.25, 0.3) is 39.4 Å². The molecule has 0 N–H and O–H groups in total. The second-order valence-electron chi connectivity index (χ2n) is 8.63. The number of para-hydroxylation sites is 1. The second-order valence-corrected chi connectivity index (χ2v) is 10.6. The van der Waals surface area contributed by atoms with Crippen LogP contribution in [-0.2, 0) is 17.1 Å². The predicted octanol–water partition coefficient (Wildman–Crippen LogP) is 5.13. The summed E-state index contributed by atoms with van der Waals surface area (Å²) in [7, 11) is -0.0258.